The number of nitrogens with one attached hydrogen (secondary N) is 1. The zero-order valence-corrected chi connectivity index (χ0v) is 9.23. The molecule has 0 saturated heterocycles. The number of hydrogen-bond donors (Lipinski definition) is 1. The molecule has 0 atom stereocenters. The first-order chi connectivity index (χ1) is 6.08. The normalized spacial score (nSPS) is 29.6. The molecule has 0 amide bonds. The topological polar surface area (TPSA) is 58.5 Å². The number of amidine groups is 1. The van der Waals surface area contributed by atoms with Gasteiger partial charge in [-0.3, -0.25) is 4.99 Å². The van der Waals surface area contributed by atoms with E-state index in [1.54, 1.807) is 0 Å². The molecule has 1 heterocycles. The van der Waals surface area contributed by atoms with E-state index in [0.29, 0.717) is 4.61 Å². The van der Waals surface area contributed by atoms with Crippen molar-refractivity contribution in [1.82, 2.24) is 5.32 Å². The fourth-order valence-electron chi connectivity index (χ4n) is 1.18. The van der Waals surface area contributed by atoms with E-state index >= 15 is 0 Å². The third-order valence-electron chi connectivity index (χ3n) is 2.13. The standard InChI is InChI=1S/C7H9BrN2O2S/c8-6-4-13(11,12)7(10-6)9-5-2-1-3-5/h4-5H,1-3H2,(H,9,10). The van der Waals surface area contributed by atoms with Crippen molar-refractivity contribution in [2.24, 2.45) is 4.99 Å². The lowest BCUT2D eigenvalue weighted by Gasteiger charge is -2.21. The third kappa shape index (κ3) is 1.78. The van der Waals surface area contributed by atoms with Crippen molar-refractivity contribution in [1.29, 1.82) is 0 Å². The molecule has 0 spiro atoms. The molecule has 1 N–H and O–H groups in total. The van der Waals surface area contributed by atoms with E-state index in [-0.39, 0.29) is 11.2 Å². The molecule has 0 aromatic rings. The number of rotatable bonds is 1. The van der Waals surface area contributed by atoms with E-state index in [0.717, 1.165) is 24.7 Å². The second-order valence-electron chi connectivity index (χ2n) is 3.15. The molecule has 72 valence electrons. The number of halogens is 1. The van der Waals surface area contributed by atoms with Gasteiger partial charge in [0.1, 0.15) is 0 Å². The van der Waals surface area contributed by atoms with Crippen molar-refractivity contribution in [2.45, 2.75) is 25.3 Å². The quantitative estimate of drug-likeness (QED) is 0.722. The lowest BCUT2D eigenvalue weighted by atomic mass is 9.94. The fourth-order valence-corrected chi connectivity index (χ4v) is 3.23. The minimum Gasteiger partial charge on any atom is -0.324 e. The Morgan fingerprint density at radius 1 is 1.54 bits per heavy atom. The fraction of sp³-hybridized carbons (Fsp3) is 0.571. The predicted molar refractivity (Wildman–Crippen MR) is 54.1 cm³/mol. The monoisotopic (exact) mass is 264 g/mol. The number of hydrogen-bond acceptors (Lipinski definition) is 3. The van der Waals surface area contributed by atoms with E-state index in [1.807, 2.05) is 0 Å². The Bertz CT molecular complexity index is 381. The summed E-state index contributed by atoms with van der Waals surface area (Å²) in [7, 11) is -3.28. The summed E-state index contributed by atoms with van der Waals surface area (Å²) in [6.45, 7) is 0. The van der Waals surface area contributed by atoms with Crippen LogP contribution in [0, 0.1) is 0 Å². The number of nitrogens with zero attached hydrogens (tertiary/aromatic N) is 1. The first-order valence-electron chi connectivity index (χ1n) is 4.05. The minimum atomic E-state index is -3.28. The van der Waals surface area contributed by atoms with Crippen LogP contribution < -0.4 is 5.32 Å². The molecule has 0 aromatic heterocycles. The van der Waals surface area contributed by atoms with Crippen LogP contribution in [-0.4, -0.2) is 19.6 Å². The second-order valence-corrected chi connectivity index (χ2v) is 5.72. The summed E-state index contributed by atoms with van der Waals surface area (Å²) in [4.78, 5) is 4.12. The number of aliphatic imine (C=N–C) groups is 1. The molecule has 0 unspecified atom stereocenters. The van der Waals surface area contributed by atoms with Gasteiger partial charge in [-0.2, -0.15) is 0 Å². The maximum Gasteiger partial charge on any atom is 0.235 e. The van der Waals surface area contributed by atoms with Gasteiger partial charge in [0.05, 0.1) is 16.1 Å². The van der Waals surface area contributed by atoms with Gasteiger partial charge in [-0.1, -0.05) is 0 Å². The Balaban J connectivity index is 2.23. The lowest BCUT2D eigenvalue weighted by Crippen LogP contribution is -2.26. The first-order valence-corrected chi connectivity index (χ1v) is 6.39. The van der Waals surface area contributed by atoms with Crippen LogP contribution in [0.4, 0.5) is 0 Å². The zero-order chi connectivity index (χ0) is 9.47. The molecule has 0 bridgehead atoms. The van der Waals surface area contributed by atoms with Gasteiger partial charge >= 0.3 is 0 Å². The summed E-state index contributed by atoms with van der Waals surface area (Å²) in [6.07, 6.45) is 3.15. The molecule has 1 aliphatic carbocycles. The molecular weight excluding hydrogens is 256 g/mol. The molecule has 13 heavy (non-hydrogen) atoms. The largest absolute Gasteiger partial charge is 0.324 e. The van der Waals surface area contributed by atoms with Crippen molar-refractivity contribution in [2.75, 3.05) is 0 Å². The van der Waals surface area contributed by atoms with Crippen LogP contribution in [0.5, 0.6) is 0 Å². The van der Waals surface area contributed by atoms with Crippen molar-refractivity contribution < 1.29 is 8.42 Å². The maximum atomic E-state index is 11.3. The molecule has 1 fully saturated rings. The molecule has 1 aliphatic heterocycles. The van der Waals surface area contributed by atoms with Crippen LogP contribution in [0.2, 0.25) is 0 Å². The van der Waals surface area contributed by atoms with Crippen LogP contribution in [0.15, 0.2) is 15.0 Å². The van der Waals surface area contributed by atoms with Crippen molar-refractivity contribution in [3.8, 4) is 0 Å². The Hall–Kier alpha value is -0.360. The van der Waals surface area contributed by atoms with E-state index in [4.69, 9.17) is 0 Å². The highest BCUT2D eigenvalue weighted by Crippen LogP contribution is 2.24. The van der Waals surface area contributed by atoms with Gasteiger partial charge in [0, 0.05) is 0 Å². The van der Waals surface area contributed by atoms with E-state index in [2.05, 4.69) is 26.2 Å². The minimum absolute atomic E-state index is 0.0871. The van der Waals surface area contributed by atoms with Gasteiger partial charge in [-0.15, -0.1) is 0 Å². The summed E-state index contributed by atoms with van der Waals surface area (Å²) in [5, 5.41) is 3.91. The van der Waals surface area contributed by atoms with E-state index in [9.17, 15) is 8.42 Å². The van der Waals surface area contributed by atoms with Gasteiger partial charge in [0.15, 0.2) is 0 Å². The summed E-state index contributed by atoms with van der Waals surface area (Å²) in [5.74, 6) is 0. The van der Waals surface area contributed by atoms with Crippen LogP contribution in [0.3, 0.4) is 0 Å². The Morgan fingerprint density at radius 2 is 2.23 bits per heavy atom. The van der Waals surface area contributed by atoms with Crippen LogP contribution in [0.25, 0.3) is 0 Å². The van der Waals surface area contributed by atoms with E-state index in [1.165, 1.54) is 0 Å². The SMILES string of the molecule is O=S1(=O)C=C(Br)NC1=NC1CCC1. The highest BCUT2D eigenvalue weighted by molar-refractivity contribution is 9.11. The molecule has 6 heteroatoms. The summed E-state index contributed by atoms with van der Waals surface area (Å²) in [6, 6.07) is 0.198. The Kier molecular flexibility index (Phi) is 2.19. The first kappa shape index (κ1) is 9.21. The Morgan fingerprint density at radius 3 is 2.62 bits per heavy atom. The van der Waals surface area contributed by atoms with Gasteiger partial charge < -0.3 is 5.32 Å². The van der Waals surface area contributed by atoms with Crippen LogP contribution >= 0.6 is 15.9 Å². The highest BCUT2D eigenvalue weighted by Gasteiger charge is 2.28. The van der Waals surface area contributed by atoms with E-state index < -0.39 is 9.84 Å². The van der Waals surface area contributed by atoms with Gasteiger partial charge in [0.2, 0.25) is 15.0 Å². The van der Waals surface area contributed by atoms with Crippen LogP contribution in [-0.2, 0) is 9.84 Å². The molecular formula is C7H9BrN2O2S. The lowest BCUT2D eigenvalue weighted by molar-refractivity contribution is 0.420. The third-order valence-corrected chi connectivity index (χ3v) is 4.15. The van der Waals surface area contributed by atoms with Gasteiger partial charge in [-0.05, 0) is 35.2 Å². The van der Waals surface area contributed by atoms with Gasteiger partial charge in [0.25, 0.3) is 0 Å². The summed E-state index contributed by atoms with van der Waals surface area (Å²) in [5.41, 5.74) is 0. The molecule has 4 nitrogen and oxygen atoms in total. The average molecular weight is 265 g/mol. The highest BCUT2D eigenvalue weighted by atomic mass is 79.9. The van der Waals surface area contributed by atoms with Crippen molar-refractivity contribution in [3.63, 3.8) is 0 Å². The predicted octanol–water partition coefficient (Wildman–Crippen LogP) is 1.11. The van der Waals surface area contributed by atoms with Crippen LogP contribution in [0.1, 0.15) is 19.3 Å². The maximum absolute atomic E-state index is 11.3. The summed E-state index contributed by atoms with van der Waals surface area (Å²) >= 11 is 3.07. The number of sulfone groups is 1. The average Bonchev–Trinajstić information content (AvgIpc) is 2.15. The molecule has 1 saturated carbocycles. The second kappa shape index (κ2) is 3.09. The molecule has 2 rings (SSSR count). The zero-order valence-electron chi connectivity index (χ0n) is 6.83. The summed E-state index contributed by atoms with van der Waals surface area (Å²) < 4.78 is 23.2. The Labute approximate surface area is 85.2 Å². The molecule has 0 radical (unpaired) electrons. The van der Waals surface area contributed by atoms with Gasteiger partial charge in [-0.25, -0.2) is 8.42 Å². The molecule has 2 aliphatic rings. The van der Waals surface area contributed by atoms with Crippen molar-refractivity contribution >= 4 is 30.9 Å². The van der Waals surface area contributed by atoms with Crippen molar-refractivity contribution in [3.05, 3.63) is 10.0 Å². The smallest absolute Gasteiger partial charge is 0.235 e. The molecule has 0 aromatic carbocycles.